The Hall–Kier alpha value is -2.32. The SMILES string of the molecule is CC1CCCCN1S(=O)(=O)c1ccc(C(=O)Nc2c(F)cccc2F)cc1. The van der Waals surface area contributed by atoms with Crippen molar-refractivity contribution in [2.75, 3.05) is 11.9 Å². The standard InChI is InChI=1S/C19H20F2N2O3S/c1-13-5-2-3-12-23(13)27(25,26)15-10-8-14(9-11-15)19(24)22-18-16(20)6-4-7-17(18)21/h4,6-11,13H,2-3,5,12H2,1H3,(H,22,24). The lowest BCUT2D eigenvalue weighted by Crippen LogP contribution is -2.41. The summed E-state index contributed by atoms with van der Waals surface area (Å²) in [6.07, 6.45) is 2.63. The molecule has 0 saturated carbocycles. The third-order valence-electron chi connectivity index (χ3n) is 4.67. The molecular formula is C19H20F2N2O3S. The van der Waals surface area contributed by atoms with E-state index in [-0.39, 0.29) is 16.5 Å². The summed E-state index contributed by atoms with van der Waals surface area (Å²) in [6, 6.07) is 8.53. The number of sulfonamides is 1. The number of rotatable bonds is 4. The molecule has 8 heteroatoms. The monoisotopic (exact) mass is 394 g/mol. The molecule has 1 aliphatic heterocycles. The van der Waals surface area contributed by atoms with Crippen molar-refractivity contribution < 1.29 is 22.0 Å². The highest BCUT2D eigenvalue weighted by Gasteiger charge is 2.30. The van der Waals surface area contributed by atoms with Gasteiger partial charge in [0.05, 0.1) is 4.90 Å². The first-order valence-corrected chi connectivity index (χ1v) is 10.1. The van der Waals surface area contributed by atoms with E-state index in [9.17, 15) is 22.0 Å². The van der Waals surface area contributed by atoms with Crippen LogP contribution in [0.25, 0.3) is 0 Å². The largest absolute Gasteiger partial charge is 0.317 e. The maximum Gasteiger partial charge on any atom is 0.255 e. The maximum absolute atomic E-state index is 13.6. The maximum atomic E-state index is 13.6. The topological polar surface area (TPSA) is 66.5 Å². The summed E-state index contributed by atoms with van der Waals surface area (Å²) in [7, 11) is -3.64. The number of para-hydroxylation sites is 1. The van der Waals surface area contributed by atoms with Crippen molar-refractivity contribution >= 4 is 21.6 Å². The highest BCUT2D eigenvalue weighted by atomic mass is 32.2. The molecule has 0 aromatic heterocycles. The van der Waals surface area contributed by atoms with E-state index < -0.39 is 33.3 Å². The van der Waals surface area contributed by atoms with Gasteiger partial charge in [0, 0.05) is 18.2 Å². The Balaban J connectivity index is 1.79. The fraction of sp³-hybridized carbons (Fsp3) is 0.316. The van der Waals surface area contributed by atoms with Gasteiger partial charge >= 0.3 is 0 Å². The summed E-state index contributed by atoms with van der Waals surface area (Å²) in [6.45, 7) is 2.35. The Morgan fingerprint density at radius 3 is 2.30 bits per heavy atom. The smallest absolute Gasteiger partial charge is 0.255 e. The molecule has 0 aliphatic carbocycles. The predicted molar refractivity (Wildman–Crippen MR) is 98.0 cm³/mol. The van der Waals surface area contributed by atoms with Crippen LogP contribution in [0.1, 0.15) is 36.5 Å². The molecule has 1 fully saturated rings. The van der Waals surface area contributed by atoms with Gasteiger partial charge in [-0.3, -0.25) is 4.79 Å². The predicted octanol–water partition coefficient (Wildman–Crippen LogP) is 3.78. The van der Waals surface area contributed by atoms with Gasteiger partial charge in [0.2, 0.25) is 10.0 Å². The van der Waals surface area contributed by atoms with Crippen LogP contribution in [-0.2, 0) is 10.0 Å². The van der Waals surface area contributed by atoms with Gasteiger partial charge in [0.15, 0.2) is 0 Å². The average Bonchev–Trinajstić information content (AvgIpc) is 2.65. The van der Waals surface area contributed by atoms with Crippen LogP contribution in [0.2, 0.25) is 0 Å². The van der Waals surface area contributed by atoms with Crippen LogP contribution in [0.5, 0.6) is 0 Å². The summed E-state index contributed by atoms with van der Waals surface area (Å²) in [5, 5.41) is 2.17. The molecule has 144 valence electrons. The van der Waals surface area contributed by atoms with Gasteiger partial charge in [-0.05, 0) is 56.2 Å². The van der Waals surface area contributed by atoms with E-state index in [1.54, 1.807) is 0 Å². The average molecular weight is 394 g/mol. The summed E-state index contributed by atoms with van der Waals surface area (Å²) in [4.78, 5) is 12.3. The van der Waals surface area contributed by atoms with Crippen LogP contribution >= 0.6 is 0 Å². The molecule has 3 rings (SSSR count). The van der Waals surface area contributed by atoms with Gasteiger partial charge in [-0.15, -0.1) is 0 Å². The van der Waals surface area contributed by atoms with Crippen molar-refractivity contribution in [1.29, 1.82) is 0 Å². The minimum Gasteiger partial charge on any atom is -0.317 e. The number of amides is 1. The zero-order chi connectivity index (χ0) is 19.6. The van der Waals surface area contributed by atoms with E-state index in [2.05, 4.69) is 5.32 Å². The number of carbonyl (C=O) groups is 1. The van der Waals surface area contributed by atoms with Gasteiger partial charge in [-0.25, -0.2) is 17.2 Å². The van der Waals surface area contributed by atoms with Crippen LogP contribution in [0.3, 0.4) is 0 Å². The van der Waals surface area contributed by atoms with E-state index in [4.69, 9.17) is 0 Å². The van der Waals surface area contributed by atoms with Crippen LogP contribution in [0.15, 0.2) is 47.4 Å². The Labute approximate surface area is 157 Å². The van der Waals surface area contributed by atoms with Gasteiger partial charge in [-0.1, -0.05) is 12.5 Å². The third-order valence-corrected chi connectivity index (χ3v) is 6.69. The molecule has 2 aromatic carbocycles. The number of nitrogens with one attached hydrogen (secondary N) is 1. The molecule has 0 bridgehead atoms. The molecule has 1 heterocycles. The molecule has 0 radical (unpaired) electrons. The van der Waals surface area contributed by atoms with Crippen LogP contribution in [0.4, 0.5) is 14.5 Å². The van der Waals surface area contributed by atoms with E-state index in [0.29, 0.717) is 6.54 Å². The minimum atomic E-state index is -3.64. The van der Waals surface area contributed by atoms with Gasteiger partial charge in [-0.2, -0.15) is 4.31 Å². The highest BCUT2D eigenvalue weighted by molar-refractivity contribution is 7.89. The number of hydrogen-bond donors (Lipinski definition) is 1. The fourth-order valence-corrected chi connectivity index (χ4v) is 4.84. The Bertz CT molecular complexity index is 926. The quantitative estimate of drug-likeness (QED) is 0.858. The lowest BCUT2D eigenvalue weighted by molar-refractivity contribution is 0.102. The molecule has 2 aromatic rings. The second-order valence-electron chi connectivity index (χ2n) is 6.54. The molecular weight excluding hydrogens is 374 g/mol. The van der Waals surface area contributed by atoms with Crippen molar-refractivity contribution in [3.05, 3.63) is 59.7 Å². The lowest BCUT2D eigenvalue weighted by Gasteiger charge is -2.32. The minimum absolute atomic E-state index is 0.0734. The van der Waals surface area contributed by atoms with Crippen molar-refractivity contribution in [2.24, 2.45) is 0 Å². The second kappa shape index (κ2) is 7.74. The Morgan fingerprint density at radius 1 is 1.07 bits per heavy atom. The number of halogens is 2. The van der Waals surface area contributed by atoms with E-state index >= 15 is 0 Å². The van der Waals surface area contributed by atoms with Gasteiger partial charge < -0.3 is 5.32 Å². The van der Waals surface area contributed by atoms with E-state index in [1.165, 1.54) is 34.6 Å². The number of carbonyl (C=O) groups excluding carboxylic acids is 1. The highest BCUT2D eigenvalue weighted by Crippen LogP contribution is 2.25. The second-order valence-corrected chi connectivity index (χ2v) is 8.43. The molecule has 5 nitrogen and oxygen atoms in total. The van der Waals surface area contributed by atoms with Crippen LogP contribution < -0.4 is 5.32 Å². The zero-order valence-electron chi connectivity index (χ0n) is 14.8. The first-order chi connectivity index (χ1) is 12.8. The third kappa shape index (κ3) is 4.01. The number of nitrogens with zero attached hydrogens (tertiary/aromatic N) is 1. The molecule has 27 heavy (non-hydrogen) atoms. The van der Waals surface area contributed by atoms with Crippen molar-refractivity contribution in [3.63, 3.8) is 0 Å². The first kappa shape index (κ1) is 19.4. The molecule has 1 atom stereocenters. The molecule has 1 unspecified atom stereocenters. The van der Waals surface area contributed by atoms with E-state index in [1.807, 2.05) is 6.92 Å². The van der Waals surface area contributed by atoms with Crippen molar-refractivity contribution in [2.45, 2.75) is 37.1 Å². The first-order valence-electron chi connectivity index (χ1n) is 8.68. The van der Waals surface area contributed by atoms with Crippen molar-refractivity contribution in [1.82, 2.24) is 4.31 Å². The van der Waals surface area contributed by atoms with Crippen LogP contribution in [-0.4, -0.2) is 31.2 Å². The summed E-state index contributed by atoms with van der Waals surface area (Å²) < 4.78 is 54.3. The summed E-state index contributed by atoms with van der Waals surface area (Å²) >= 11 is 0. The Kier molecular flexibility index (Phi) is 5.57. The lowest BCUT2D eigenvalue weighted by atomic mass is 10.1. The Morgan fingerprint density at radius 2 is 1.70 bits per heavy atom. The zero-order valence-corrected chi connectivity index (χ0v) is 15.6. The molecule has 1 aliphatic rings. The summed E-state index contributed by atoms with van der Waals surface area (Å²) in [5.74, 6) is -2.50. The number of benzene rings is 2. The number of piperidine rings is 1. The number of anilines is 1. The van der Waals surface area contributed by atoms with E-state index in [0.717, 1.165) is 31.4 Å². The van der Waals surface area contributed by atoms with Crippen molar-refractivity contribution in [3.8, 4) is 0 Å². The summed E-state index contributed by atoms with van der Waals surface area (Å²) in [5.41, 5.74) is -0.440. The molecule has 0 spiro atoms. The fourth-order valence-electron chi connectivity index (χ4n) is 3.15. The molecule has 1 N–H and O–H groups in total. The normalized spacial score (nSPS) is 18.3. The molecule has 1 saturated heterocycles. The van der Waals surface area contributed by atoms with Crippen LogP contribution in [0, 0.1) is 11.6 Å². The van der Waals surface area contributed by atoms with Gasteiger partial charge in [0.25, 0.3) is 5.91 Å². The number of hydrogen-bond acceptors (Lipinski definition) is 3. The van der Waals surface area contributed by atoms with Gasteiger partial charge in [0.1, 0.15) is 17.3 Å². The molecule has 1 amide bonds.